The third-order valence-electron chi connectivity index (χ3n) is 4.68. The summed E-state index contributed by atoms with van der Waals surface area (Å²) in [4.78, 5) is 24.8. The van der Waals surface area contributed by atoms with E-state index in [0.29, 0.717) is 39.8 Å². The van der Waals surface area contributed by atoms with Gasteiger partial charge in [0.2, 0.25) is 0 Å². The van der Waals surface area contributed by atoms with Gasteiger partial charge in [0, 0.05) is 33.3 Å². The van der Waals surface area contributed by atoms with Crippen LogP contribution in [-0.4, -0.2) is 31.6 Å². The highest BCUT2D eigenvalue weighted by Gasteiger charge is 2.34. The predicted molar refractivity (Wildman–Crippen MR) is 117 cm³/mol. The van der Waals surface area contributed by atoms with Crippen LogP contribution in [0.1, 0.15) is 33.9 Å². The van der Waals surface area contributed by atoms with Gasteiger partial charge in [0.15, 0.2) is 0 Å². The zero-order valence-corrected chi connectivity index (χ0v) is 18.0. The lowest BCUT2D eigenvalue weighted by molar-refractivity contribution is -0.141. The van der Waals surface area contributed by atoms with E-state index in [0.717, 1.165) is 12.0 Å². The van der Waals surface area contributed by atoms with Gasteiger partial charge in [-0.25, -0.2) is 4.79 Å². The average molecular weight is 459 g/mol. The van der Waals surface area contributed by atoms with Gasteiger partial charge >= 0.3 is 5.97 Å². The SMILES string of the molecule is COC(=O)[C@@H]1C[C@@H](NC(=O)c2ccc(CCN)cc2)c2c(Cl)cc(Cl)cc2N1.Cl. The zero-order chi connectivity index (χ0) is 20.3. The quantitative estimate of drug-likeness (QED) is 0.593. The van der Waals surface area contributed by atoms with Crippen LogP contribution in [0.25, 0.3) is 0 Å². The number of methoxy groups -OCH3 is 1. The van der Waals surface area contributed by atoms with E-state index in [2.05, 4.69) is 10.6 Å². The molecule has 0 spiro atoms. The molecule has 0 bridgehead atoms. The minimum absolute atomic E-state index is 0. The van der Waals surface area contributed by atoms with E-state index in [9.17, 15) is 9.59 Å². The number of hydrogen-bond acceptors (Lipinski definition) is 5. The number of carbonyl (C=O) groups excluding carboxylic acids is 2. The molecule has 156 valence electrons. The number of nitrogens with one attached hydrogen (secondary N) is 2. The van der Waals surface area contributed by atoms with Crippen molar-refractivity contribution >= 4 is 53.2 Å². The number of benzene rings is 2. The van der Waals surface area contributed by atoms with E-state index in [-0.39, 0.29) is 18.3 Å². The number of amides is 1. The van der Waals surface area contributed by atoms with Gasteiger partial charge in [0.05, 0.1) is 13.2 Å². The van der Waals surface area contributed by atoms with Crippen LogP contribution in [0.4, 0.5) is 5.69 Å². The van der Waals surface area contributed by atoms with Gasteiger partial charge in [-0.15, -0.1) is 12.4 Å². The fraction of sp³-hybridized carbons (Fsp3) is 0.300. The smallest absolute Gasteiger partial charge is 0.328 e. The van der Waals surface area contributed by atoms with Crippen LogP contribution >= 0.6 is 35.6 Å². The Morgan fingerprint density at radius 2 is 1.93 bits per heavy atom. The van der Waals surface area contributed by atoms with Crippen molar-refractivity contribution in [3.05, 3.63) is 63.1 Å². The Hall–Kier alpha value is -1.99. The lowest BCUT2D eigenvalue weighted by Crippen LogP contribution is -2.41. The number of halogens is 3. The van der Waals surface area contributed by atoms with E-state index in [1.54, 1.807) is 24.3 Å². The van der Waals surface area contributed by atoms with Crippen LogP contribution in [0.15, 0.2) is 36.4 Å². The van der Waals surface area contributed by atoms with Crippen LogP contribution in [0.5, 0.6) is 0 Å². The van der Waals surface area contributed by atoms with E-state index in [4.69, 9.17) is 33.7 Å². The fourth-order valence-electron chi connectivity index (χ4n) is 3.32. The van der Waals surface area contributed by atoms with Gasteiger partial charge in [-0.3, -0.25) is 4.79 Å². The first-order valence-corrected chi connectivity index (χ1v) is 9.61. The lowest BCUT2D eigenvalue weighted by Gasteiger charge is -2.33. The highest BCUT2D eigenvalue weighted by molar-refractivity contribution is 6.35. The maximum Gasteiger partial charge on any atom is 0.328 e. The Labute approximate surface area is 185 Å². The molecule has 0 aromatic heterocycles. The average Bonchev–Trinajstić information content (AvgIpc) is 2.67. The molecule has 1 amide bonds. The standard InChI is InChI=1S/C20H21Cl2N3O3.ClH/c1-28-20(27)17-10-16(18-14(22)8-13(21)9-15(18)24-17)25-19(26)12-4-2-11(3-5-12)6-7-23;/h2-5,8-9,16-17,24H,6-7,10,23H2,1H3,(H,25,26);1H/t16-,17+;/m1./s1. The highest BCUT2D eigenvalue weighted by atomic mass is 35.5. The number of ether oxygens (including phenoxy) is 1. The molecule has 9 heteroatoms. The van der Waals surface area contributed by atoms with Crippen LogP contribution in [0, 0.1) is 0 Å². The van der Waals surface area contributed by atoms with Crippen LogP contribution < -0.4 is 16.4 Å². The lowest BCUT2D eigenvalue weighted by atomic mass is 9.92. The molecule has 1 aliphatic heterocycles. The molecular weight excluding hydrogens is 437 g/mol. The fourth-order valence-corrected chi connectivity index (χ4v) is 3.94. The predicted octanol–water partition coefficient (Wildman–Crippen LogP) is 3.74. The van der Waals surface area contributed by atoms with Crippen molar-refractivity contribution in [3.8, 4) is 0 Å². The Bertz CT molecular complexity index is 891. The van der Waals surface area contributed by atoms with Gasteiger partial charge < -0.3 is 21.1 Å². The van der Waals surface area contributed by atoms with Crippen molar-refractivity contribution in [3.63, 3.8) is 0 Å². The van der Waals surface area contributed by atoms with Gasteiger partial charge in [-0.05, 0) is 42.8 Å². The molecule has 0 radical (unpaired) electrons. The summed E-state index contributed by atoms with van der Waals surface area (Å²) in [6.45, 7) is 0.549. The van der Waals surface area contributed by atoms with E-state index >= 15 is 0 Å². The second kappa shape index (κ2) is 10.2. The number of hydrogen-bond donors (Lipinski definition) is 3. The van der Waals surface area contributed by atoms with Crippen molar-refractivity contribution in [2.45, 2.75) is 24.9 Å². The number of fused-ring (bicyclic) bond motifs is 1. The third kappa shape index (κ3) is 5.34. The number of rotatable bonds is 5. The summed E-state index contributed by atoms with van der Waals surface area (Å²) in [5.74, 6) is -0.682. The Morgan fingerprint density at radius 1 is 1.24 bits per heavy atom. The van der Waals surface area contributed by atoms with Gasteiger partial charge in [0.25, 0.3) is 5.91 Å². The largest absolute Gasteiger partial charge is 0.467 e. The van der Waals surface area contributed by atoms with Crippen molar-refractivity contribution in [1.82, 2.24) is 5.32 Å². The van der Waals surface area contributed by atoms with Crippen molar-refractivity contribution in [2.75, 3.05) is 19.0 Å². The van der Waals surface area contributed by atoms with Crippen LogP contribution in [-0.2, 0) is 16.0 Å². The van der Waals surface area contributed by atoms with Crippen LogP contribution in [0.2, 0.25) is 10.0 Å². The highest BCUT2D eigenvalue weighted by Crippen LogP contribution is 2.40. The Morgan fingerprint density at radius 3 is 2.55 bits per heavy atom. The molecule has 4 N–H and O–H groups in total. The van der Waals surface area contributed by atoms with E-state index in [1.807, 2.05) is 12.1 Å². The molecule has 0 unspecified atom stereocenters. The second-order valence-electron chi connectivity index (χ2n) is 6.57. The maximum atomic E-state index is 12.8. The molecule has 0 saturated heterocycles. The molecule has 6 nitrogen and oxygen atoms in total. The summed E-state index contributed by atoms with van der Waals surface area (Å²) in [5.41, 5.74) is 8.43. The van der Waals surface area contributed by atoms with E-state index in [1.165, 1.54) is 7.11 Å². The Balaban J connectivity index is 0.00000300. The number of nitrogens with two attached hydrogens (primary N) is 1. The van der Waals surface area contributed by atoms with Gasteiger partial charge in [-0.1, -0.05) is 35.3 Å². The number of esters is 1. The third-order valence-corrected chi connectivity index (χ3v) is 5.22. The first kappa shape index (κ1) is 23.3. The first-order valence-electron chi connectivity index (χ1n) is 8.86. The number of anilines is 1. The summed E-state index contributed by atoms with van der Waals surface area (Å²) in [6, 6.07) is 9.46. The molecule has 0 aliphatic carbocycles. The molecule has 0 fully saturated rings. The van der Waals surface area contributed by atoms with Crippen LogP contribution in [0.3, 0.4) is 0 Å². The van der Waals surface area contributed by atoms with Crippen molar-refractivity contribution < 1.29 is 14.3 Å². The molecule has 1 heterocycles. The first-order chi connectivity index (χ1) is 13.4. The number of carbonyl (C=O) groups is 2. The minimum Gasteiger partial charge on any atom is -0.467 e. The summed E-state index contributed by atoms with van der Waals surface area (Å²) in [6.07, 6.45) is 1.05. The monoisotopic (exact) mass is 457 g/mol. The normalized spacial score (nSPS) is 17.4. The van der Waals surface area contributed by atoms with Crippen molar-refractivity contribution in [2.24, 2.45) is 5.73 Å². The van der Waals surface area contributed by atoms with Crippen molar-refractivity contribution in [1.29, 1.82) is 0 Å². The zero-order valence-electron chi connectivity index (χ0n) is 15.7. The summed E-state index contributed by atoms with van der Waals surface area (Å²) >= 11 is 12.5. The maximum absolute atomic E-state index is 12.8. The molecule has 2 aromatic carbocycles. The van der Waals surface area contributed by atoms with Gasteiger partial charge in [0.1, 0.15) is 6.04 Å². The minimum atomic E-state index is -0.621. The summed E-state index contributed by atoms with van der Waals surface area (Å²) < 4.78 is 4.85. The topological polar surface area (TPSA) is 93.5 Å². The second-order valence-corrected chi connectivity index (χ2v) is 7.41. The molecular formula is C20H22Cl3N3O3. The molecule has 3 rings (SSSR count). The molecule has 1 aliphatic rings. The summed E-state index contributed by atoms with van der Waals surface area (Å²) in [5, 5.41) is 6.91. The Kier molecular flexibility index (Phi) is 8.16. The molecule has 29 heavy (non-hydrogen) atoms. The van der Waals surface area contributed by atoms with Gasteiger partial charge in [-0.2, -0.15) is 0 Å². The molecule has 2 atom stereocenters. The molecule has 2 aromatic rings. The van der Waals surface area contributed by atoms with E-state index < -0.39 is 18.1 Å². The molecule has 0 saturated carbocycles. The summed E-state index contributed by atoms with van der Waals surface area (Å²) in [7, 11) is 1.32.